The smallest absolute Gasteiger partial charge is 0.223 e. The highest BCUT2D eigenvalue weighted by Gasteiger charge is 2.31. The van der Waals surface area contributed by atoms with Crippen LogP contribution < -0.4 is 5.73 Å². The number of likely N-dealkylation sites (tertiary alicyclic amines) is 1. The normalized spacial score (nSPS) is 15.5. The van der Waals surface area contributed by atoms with Crippen LogP contribution in [-0.4, -0.2) is 43.2 Å². The summed E-state index contributed by atoms with van der Waals surface area (Å²) in [5.74, 6) is -0.132. The zero-order chi connectivity index (χ0) is 24.1. The Labute approximate surface area is 204 Å². The Morgan fingerprint density at radius 2 is 1.88 bits per heavy atom. The molecule has 0 spiro atoms. The van der Waals surface area contributed by atoms with Crippen LogP contribution in [0.25, 0.3) is 0 Å². The minimum atomic E-state index is -0.107. The lowest BCUT2D eigenvalue weighted by atomic mass is 10.0. The third-order valence-corrected chi connectivity index (χ3v) is 6.44. The molecule has 0 aliphatic carbocycles. The van der Waals surface area contributed by atoms with Crippen molar-refractivity contribution in [1.82, 2.24) is 24.8 Å². The number of nitrogen functional groups attached to an aromatic ring is 1. The van der Waals surface area contributed by atoms with Crippen LogP contribution in [0.5, 0.6) is 0 Å². The molecule has 1 aliphatic heterocycles. The van der Waals surface area contributed by atoms with Gasteiger partial charge in [-0.2, -0.15) is 0 Å². The second-order valence-corrected chi connectivity index (χ2v) is 9.05. The number of amides is 2. The van der Waals surface area contributed by atoms with Crippen molar-refractivity contribution in [3.8, 4) is 0 Å². The van der Waals surface area contributed by atoms with Crippen LogP contribution in [0, 0.1) is 0 Å². The highest BCUT2D eigenvalue weighted by molar-refractivity contribution is 6.31. The van der Waals surface area contributed by atoms with Crippen molar-refractivity contribution in [3.05, 3.63) is 76.6 Å². The predicted octanol–water partition coefficient (Wildman–Crippen LogP) is 3.72. The Kier molecular flexibility index (Phi) is 7.47. The first-order valence-corrected chi connectivity index (χ1v) is 11.8. The van der Waals surface area contributed by atoms with Gasteiger partial charge in [-0.05, 0) is 42.2 Å². The minimum Gasteiger partial charge on any atom is -0.399 e. The van der Waals surface area contributed by atoms with Gasteiger partial charge in [-0.3, -0.25) is 14.3 Å². The van der Waals surface area contributed by atoms with Crippen molar-refractivity contribution >= 4 is 29.1 Å². The molecule has 1 atom stereocenters. The molecule has 1 aromatic heterocycles. The number of halogens is 1. The van der Waals surface area contributed by atoms with Crippen molar-refractivity contribution in [2.45, 2.75) is 44.8 Å². The molecule has 0 bridgehead atoms. The molecular weight excluding hydrogens is 452 g/mol. The van der Waals surface area contributed by atoms with E-state index < -0.39 is 0 Å². The monoisotopic (exact) mass is 480 g/mol. The van der Waals surface area contributed by atoms with E-state index in [-0.39, 0.29) is 30.7 Å². The lowest BCUT2D eigenvalue weighted by Gasteiger charge is -2.27. The molecule has 0 saturated carbocycles. The van der Waals surface area contributed by atoms with Gasteiger partial charge in [0.1, 0.15) is 5.69 Å². The van der Waals surface area contributed by atoms with Gasteiger partial charge < -0.3 is 15.5 Å². The van der Waals surface area contributed by atoms with Gasteiger partial charge >= 0.3 is 0 Å². The SMILES string of the molecule is Cn1cc(CN(Cc2ccc(N)cc2)C(=O)CCC(=O)N2CCCC2c2ccccc2Cl)nn1. The van der Waals surface area contributed by atoms with Crippen LogP contribution in [0.4, 0.5) is 5.69 Å². The maximum atomic E-state index is 13.2. The van der Waals surface area contributed by atoms with Gasteiger partial charge in [-0.25, -0.2) is 0 Å². The summed E-state index contributed by atoms with van der Waals surface area (Å²) in [6.45, 7) is 1.39. The average molecular weight is 481 g/mol. The van der Waals surface area contributed by atoms with Gasteiger partial charge in [0.2, 0.25) is 11.8 Å². The van der Waals surface area contributed by atoms with E-state index in [0.717, 1.165) is 24.0 Å². The fraction of sp³-hybridized carbons (Fsp3) is 0.360. The number of carbonyl (C=O) groups excluding carboxylic acids is 2. The van der Waals surface area contributed by atoms with Gasteiger partial charge in [-0.15, -0.1) is 5.10 Å². The molecule has 1 unspecified atom stereocenters. The number of carbonyl (C=O) groups is 2. The number of nitrogens with two attached hydrogens (primary N) is 1. The quantitative estimate of drug-likeness (QED) is 0.495. The Bertz CT molecular complexity index is 1150. The zero-order valence-corrected chi connectivity index (χ0v) is 20.0. The number of anilines is 1. The number of aromatic nitrogens is 3. The Balaban J connectivity index is 1.42. The fourth-order valence-electron chi connectivity index (χ4n) is 4.39. The third-order valence-electron chi connectivity index (χ3n) is 6.10. The van der Waals surface area contributed by atoms with E-state index in [1.54, 1.807) is 22.8 Å². The molecule has 178 valence electrons. The third kappa shape index (κ3) is 5.75. The van der Waals surface area contributed by atoms with Crippen LogP contribution in [0.1, 0.15) is 48.5 Å². The molecule has 34 heavy (non-hydrogen) atoms. The molecule has 1 aliphatic rings. The van der Waals surface area contributed by atoms with E-state index in [1.165, 1.54) is 0 Å². The second kappa shape index (κ2) is 10.7. The molecular formula is C25H29ClN6O2. The van der Waals surface area contributed by atoms with Crippen LogP contribution in [0.2, 0.25) is 5.02 Å². The zero-order valence-electron chi connectivity index (χ0n) is 19.2. The second-order valence-electron chi connectivity index (χ2n) is 8.64. The number of rotatable bonds is 8. The van der Waals surface area contributed by atoms with Crippen molar-refractivity contribution in [2.75, 3.05) is 12.3 Å². The molecule has 2 N–H and O–H groups in total. The number of aryl methyl sites for hydroxylation is 1. The maximum Gasteiger partial charge on any atom is 0.223 e. The standard InChI is InChI=1S/C25H29ClN6O2/c1-30-16-20(28-29-30)17-31(15-18-8-10-19(27)11-9-18)24(33)12-13-25(34)32-14-4-7-23(32)21-5-2-3-6-22(21)26/h2-3,5-6,8-11,16,23H,4,7,12-15,17,27H2,1H3. The molecule has 2 amide bonds. The number of benzene rings is 2. The molecule has 2 aromatic carbocycles. The van der Waals surface area contributed by atoms with Gasteiger partial charge in [0.25, 0.3) is 0 Å². The lowest BCUT2D eigenvalue weighted by molar-refractivity contribution is -0.138. The lowest BCUT2D eigenvalue weighted by Crippen LogP contribution is -2.34. The Morgan fingerprint density at radius 1 is 1.12 bits per heavy atom. The van der Waals surface area contributed by atoms with E-state index in [0.29, 0.717) is 36.0 Å². The molecule has 1 saturated heterocycles. The first kappa shape index (κ1) is 23.8. The number of nitrogens with zero attached hydrogens (tertiary/aromatic N) is 5. The Morgan fingerprint density at radius 3 is 2.59 bits per heavy atom. The van der Waals surface area contributed by atoms with Crippen molar-refractivity contribution < 1.29 is 9.59 Å². The summed E-state index contributed by atoms with van der Waals surface area (Å²) in [6, 6.07) is 15.0. The average Bonchev–Trinajstić information content (AvgIpc) is 3.47. The summed E-state index contributed by atoms with van der Waals surface area (Å²) in [7, 11) is 1.78. The topological polar surface area (TPSA) is 97.3 Å². The van der Waals surface area contributed by atoms with Crippen LogP contribution >= 0.6 is 11.6 Å². The summed E-state index contributed by atoms with van der Waals surface area (Å²) in [5, 5.41) is 8.74. The van der Waals surface area contributed by atoms with E-state index in [9.17, 15) is 9.59 Å². The molecule has 8 nitrogen and oxygen atoms in total. The fourth-order valence-corrected chi connectivity index (χ4v) is 4.65. The summed E-state index contributed by atoms with van der Waals surface area (Å²) in [5.41, 5.74) is 9.07. The summed E-state index contributed by atoms with van der Waals surface area (Å²) >= 11 is 6.39. The molecule has 1 fully saturated rings. The largest absolute Gasteiger partial charge is 0.399 e. The molecule has 4 rings (SSSR count). The highest BCUT2D eigenvalue weighted by atomic mass is 35.5. The number of hydrogen-bond acceptors (Lipinski definition) is 5. The predicted molar refractivity (Wildman–Crippen MR) is 130 cm³/mol. The van der Waals surface area contributed by atoms with E-state index in [4.69, 9.17) is 17.3 Å². The summed E-state index contributed by atoms with van der Waals surface area (Å²) in [6.07, 6.45) is 3.86. The first-order chi connectivity index (χ1) is 16.4. The highest BCUT2D eigenvalue weighted by Crippen LogP contribution is 2.36. The van der Waals surface area contributed by atoms with Crippen LogP contribution in [0.15, 0.2) is 54.7 Å². The molecule has 0 radical (unpaired) electrons. The summed E-state index contributed by atoms with van der Waals surface area (Å²) < 4.78 is 1.60. The first-order valence-electron chi connectivity index (χ1n) is 11.4. The maximum absolute atomic E-state index is 13.2. The van der Waals surface area contributed by atoms with E-state index >= 15 is 0 Å². The van der Waals surface area contributed by atoms with Crippen LogP contribution in [-0.2, 0) is 29.7 Å². The minimum absolute atomic E-state index is 0.0253. The van der Waals surface area contributed by atoms with Gasteiger partial charge in [0, 0.05) is 49.9 Å². The molecule has 2 heterocycles. The van der Waals surface area contributed by atoms with Crippen LogP contribution in [0.3, 0.4) is 0 Å². The van der Waals surface area contributed by atoms with Crippen molar-refractivity contribution in [1.29, 1.82) is 0 Å². The van der Waals surface area contributed by atoms with Gasteiger partial charge in [-0.1, -0.05) is 47.1 Å². The van der Waals surface area contributed by atoms with E-state index in [2.05, 4.69) is 10.3 Å². The van der Waals surface area contributed by atoms with Crippen molar-refractivity contribution in [3.63, 3.8) is 0 Å². The summed E-state index contributed by atoms with van der Waals surface area (Å²) in [4.78, 5) is 29.9. The van der Waals surface area contributed by atoms with E-state index in [1.807, 2.05) is 53.4 Å². The van der Waals surface area contributed by atoms with Gasteiger partial charge in [0.15, 0.2) is 0 Å². The Hall–Kier alpha value is -3.39. The van der Waals surface area contributed by atoms with Crippen molar-refractivity contribution in [2.24, 2.45) is 7.05 Å². The molecule has 9 heteroatoms. The molecule has 3 aromatic rings. The van der Waals surface area contributed by atoms with Gasteiger partial charge in [0.05, 0.1) is 12.6 Å². The number of hydrogen-bond donors (Lipinski definition) is 1.